The lowest BCUT2D eigenvalue weighted by molar-refractivity contribution is 0.397. The Hall–Kier alpha value is -1.31. The van der Waals surface area contributed by atoms with E-state index in [9.17, 15) is 4.39 Å². The van der Waals surface area contributed by atoms with E-state index in [0.29, 0.717) is 11.5 Å². The summed E-state index contributed by atoms with van der Waals surface area (Å²) < 4.78 is 17.8. The van der Waals surface area contributed by atoms with Crippen LogP contribution in [0.25, 0.3) is 0 Å². The summed E-state index contributed by atoms with van der Waals surface area (Å²) in [5.74, 6) is 0.685. The molecule has 0 spiro atoms. The summed E-state index contributed by atoms with van der Waals surface area (Å²) in [6, 6.07) is 7.50. The first kappa shape index (κ1) is 9.78. The Morgan fingerprint density at radius 1 is 1.15 bits per heavy atom. The Kier molecular flexibility index (Phi) is 3.07. The molecule has 0 heterocycles. The van der Waals surface area contributed by atoms with E-state index in [1.807, 2.05) is 31.2 Å². The van der Waals surface area contributed by atoms with Crippen LogP contribution in [0.2, 0.25) is 0 Å². The molecular formula is C11H13FO. The Bertz CT molecular complexity index is 307. The van der Waals surface area contributed by atoms with Crippen molar-refractivity contribution in [1.29, 1.82) is 0 Å². The van der Waals surface area contributed by atoms with Gasteiger partial charge >= 0.3 is 0 Å². The second-order valence-electron chi connectivity index (χ2n) is 3.00. The first-order valence-electron chi connectivity index (χ1n) is 4.17. The highest BCUT2D eigenvalue weighted by molar-refractivity contribution is 5.27. The normalized spacial score (nSPS) is 12.3. The molecule has 0 saturated carbocycles. The van der Waals surface area contributed by atoms with Crippen LogP contribution in [0.1, 0.15) is 19.4 Å². The van der Waals surface area contributed by atoms with Gasteiger partial charge in [0.05, 0.1) is 0 Å². The zero-order valence-corrected chi connectivity index (χ0v) is 8.10. The molecule has 0 aliphatic carbocycles. The molecule has 0 unspecified atom stereocenters. The van der Waals surface area contributed by atoms with Crippen molar-refractivity contribution in [3.05, 3.63) is 41.4 Å². The molecule has 0 fully saturated rings. The van der Waals surface area contributed by atoms with E-state index in [0.717, 1.165) is 5.56 Å². The van der Waals surface area contributed by atoms with Gasteiger partial charge in [0.15, 0.2) is 0 Å². The third-order valence-electron chi connectivity index (χ3n) is 1.78. The smallest absolute Gasteiger partial charge is 0.135 e. The largest absolute Gasteiger partial charge is 0.459 e. The summed E-state index contributed by atoms with van der Waals surface area (Å²) in [5.41, 5.74) is 1.16. The lowest BCUT2D eigenvalue weighted by Gasteiger charge is -2.05. The van der Waals surface area contributed by atoms with Crippen molar-refractivity contribution in [2.45, 2.75) is 20.8 Å². The van der Waals surface area contributed by atoms with E-state index in [1.54, 1.807) is 6.92 Å². The van der Waals surface area contributed by atoms with Crippen LogP contribution in [0.5, 0.6) is 5.75 Å². The van der Waals surface area contributed by atoms with Crippen molar-refractivity contribution in [3.63, 3.8) is 0 Å². The molecule has 0 atom stereocenters. The number of rotatable bonds is 2. The van der Waals surface area contributed by atoms with E-state index >= 15 is 0 Å². The van der Waals surface area contributed by atoms with Crippen molar-refractivity contribution < 1.29 is 9.13 Å². The topological polar surface area (TPSA) is 9.23 Å². The summed E-state index contributed by atoms with van der Waals surface area (Å²) in [6.07, 6.45) is 0. The third kappa shape index (κ3) is 2.90. The Morgan fingerprint density at radius 3 is 2.15 bits per heavy atom. The van der Waals surface area contributed by atoms with Crippen molar-refractivity contribution in [1.82, 2.24) is 0 Å². The molecule has 0 saturated heterocycles. The number of allylic oxidation sites excluding steroid dienone is 2. The van der Waals surface area contributed by atoms with E-state index in [4.69, 9.17) is 4.74 Å². The highest BCUT2D eigenvalue weighted by Crippen LogP contribution is 2.16. The fourth-order valence-electron chi connectivity index (χ4n) is 0.853. The number of benzene rings is 1. The zero-order chi connectivity index (χ0) is 9.84. The molecule has 13 heavy (non-hydrogen) atoms. The predicted octanol–water partition coefficient (Wildman–Crippen LogP) is 3.59. The van der Waals surface area contributed by atoms with Crippen molar-refractivity contribution in [2.24, 2.45) is 0 Å². The molecule has 0 aromatic heterocycles. The summed E-state index contributed by atoms with van der Waals surface area (Å²) >= 11 is 0. The van der Waals surface area contributed by atoms with Gasteiger partial charge in [-0.2, -0.15) is 0 Å². The number of hydrogen-bond donors (Lipinski definition) is 0. The molecule has 1 aromatic carbocycles. The monoisotopic (exact) mass is 180 g/mol. The van der Waals surface area contributed by atoms with Crippen LogP contribution in [0.3, 0.4) is 0 Å². The summed E-state index contributed by atoms with van der Waals surface area (Å²) in [7, 11) is 0. The maximum Gasteiger partial charge on any atom is 0.135 e. The molecule has 2 heteroatoms. The first-order valence-corrected chi connectivity index (χ1v) is 4.17. The van der Waals surface area contributed by atoms with Crippen LogP contribution in [0, 0.1) is 6.92 Å². The quantitative estimate of drug-likeness (QED) is 0.632. The molecule has 0 aliphatic heterocycles. The predicted molar refractivity (Wildman–Crippen MR) is 51.3 cm³/mol. The first-order chi connectivity index (χ1) is 6.09. The maximum atomic E-state index is 12.6. The van der Waals surface area contributed by atoms with Gasteiger partial charge in [0.1, 0.15) is 17.3 Å². The van der Waals surface area contributed by atoms with E-state index in [-0.39, 0.29) is 5.83 Å². The minimum Gasteiger partial charge on any atom is -0.459 e. The molecule has 0 amide bonds. The molecule has 1 rings (SSSR count). The van der Waals surface area contributed by atoms with Gasteiger partial charge < -0.3 is 4.74 Å². The minimum atomic E-state index is -0.291. The highest BCUT2D eigenvalue weighted by Gasteiger charge is 1.98. The third-order valence-corrected chi connectivity index (χ3v) is 1.78. The molecule has 70 valence electrons. The van der Waals surface area contributed by atoms with E-state index < -0.39 is 0 Å². The fraction of sp³-hybridized carbons (Fsp3) is 0.273. The average molecular weight is 180 g/mol. The summed E-state index contributed by atoms with van der Waals surface area (Å²) in [6.45, 7) is 4.98. The maximum absolute atomic E-state index is 12.6. The van der Waals surface area contributed by atoms with Crippen LogP contribution in [-0.4, -0.2) is 0 Å². The van der Waals surface area contributed by atoms with Gasteiger partial charge in [0.2, 0.25) is 0 Å². The van der Waals surface area contributed by atoms with Gasteiger partial charge in [-0.1, -0.05) is 17.7 Å². The molecule has 0 bridgehead atoms. The van der Waals surface area contributed by atoms with Gasteiger partial charge in [0.25, 0.3) is 0 Å². The van der Waals surface area contributed by atoms with Gasteiger partial charge in [-0.15, -0.1) is 0 Å². The van der Waals surface area contributed by atoms with Crippen LogP contribution >= 0.6 is 0 Å². The lowest BCUT2D eigenvalue weighted by atomic mass is 10.2. The second kappa shape index (κ2) is 4.08. The minimum absolute atomic E-state index is 0.291. The van der Waals surface area contributed by atoms with Crippen LogP contribution in [0.4, 0.5) is 4.39 Å². The Morgan fingerprint density at radius 2 is 1.69 bits per heavy atom. The molecule has 0 aliphatic rings. The number of hydrogen-bond acceptors (Lipinski definition) is 1. The van der Waals surface area contributed by atoms with Gasteiger partial charge in [0, 0.05) is 0 Å². The average Bonchev–Trinajstić information content (AvgIpc) is 2.08. The van der Waals surface area contributed by atoms with Crippen molar-refractivity contribution >= 4 is 0 Å². The lowest BCUT2D eigenvalue weighted by Crippen LogP contribution is -1.92. The van der Waals surface area contributed by atoms with E-state index in [1.165, 1.54) is 6.92 Å². The number of ether oxygens (including phenoxy) is 1. The molecular weight excluding hydrogens is 167 g/mol. The Balaban J connectivity index is 2.76. The highest BCUT2D eigenvalue weighted by atomic mass is 19.1. The second-order valence-corrected chi connectivity index (χ2v) is 3.00. The van der Waals surface area contributed by atoms with E-state index in [2.05, 4.69) is 0 Å². The molecule has 1 aromatic rings. The number of aryl methyl sites for hydroxylation is 1. The SMILES string of the molecule is C/C(F)=C(\C)Oc1ccc(C)cc1. The van der Waals surface area contributed by atoms with Crippen LogP contribution < -0.4 is 4.74 Å². The molecule has 1 nitrogen and oxygen atoms in total. The van der Waals surface area contributed by atoms with Gasteiger partial charge in [-0.25, -0.2) is 4.39 Å². The van der Waals surface area contributed by atoms with Gasteiger partial charge in [-0.05, 0) is 32.9 Å². The fourth-order valence-corrected chi connectivity index (χ4v) is 0.853. The van der Waals surface area contributed by atoms with Crippen LogP contribution in [-0.2, 0) is 0 Å². The van der Waals surface area contributed by atoms with Crippen molar-refractivity contribution in [3.8, 4) is 5.75 Å². The Labute approximate surface area is 77.8 Å². The van der Waals surface area contributed by atoms with Crippen LogP contribution in [0.15, 0.2) is 35.9 Å². The summed E-state index contributed by atoms with van der Waals surface area (Å²) in [4.78, 5) is 0. The van der Waals surface area contributed by atoms with Crippen molar-refractivity contribution in [2.75, 3.05) is 0 Å². The number of halogens is 1. The molecule has 0 radical (unpaired) electrons. The standard InChI is InChI=1S/C11H13FO/c1-8-4-6-11(7-5-8)13-10(3)9(2)12/h4-7H,1-3H3/b10-9-. The summed E-state index contributed by atoms with van der Waals surface area (Å²) in [5, 5.41) is 0. The molecule has 0 N–H and O–H groups in total. The zero-order valence-electron chi connectivity index (χ0n) is 8.10. The van der Waals surface area contributed by atoms with Gasteiger partial charge in [-0.3, -0.25) is 0 Å².